The van der Waals surface area contributed by atoms with E-state index in [4.69, 9.17) is 9.47 Å². The van der Waals surface area contributed by atoms with Gasteiger partial charge in [-0.1, -0.05) is 54.6 Å². The Morgan fingerprint density at radius 2 is 1.59 bits per heavy atom. The lowest BCUT2D eigenvalue weighted by Gasteiger charge is -2.10. The van der Waals surface area contributed by atoms with Gasteiger partial charge in [-0.25, -0.2) is 9.67 Å². The fourth-order valence-corrected chi connectivity index (χ4v) is 3.33. The number of hydrogen-bond acceptors (Lipinski definition) is 6. The van der Waals surface area contributed by atoms with E-state index in [9.17, 15) is 9.59 Å². The predicted molar refractivity (Wildman–Crippen MR) is 126 cm³/mol. The van der Waals surface area contributed by atoms with Crippen LogP contribution in [0.25, 0.3) is 17.1 Å². The molecule has 0 aliphatic carbocycles. The lowest BCUT2D eigenvalue weighted by atomic mass is 10.1. The Hall–Kier alpha value is -4.66. The van der Waals surface area contributed by atoms with Crippen LogP contribution in [-0.4, -0.2) is 40.8 Å². The molecule has 4 aromatic rings. The fourth-order valence-electron chi connectivity index (χ4n) is 3.33. The molecule has 3 aromatic carbocycles. The van der Waals surface area contributed by atoms with Crippen LogP contribution in [0.5, 0.6) is 11.5 Å². The summed E-state index contributed by atoms with van der Waals surface area (Å²) in [5.74, 6) is 0.487. The molecule has 0 aliphatic rings. The number of nitrogens with zero attached hydrogens (tertiary/aromatic N) is 3. The number of amides is 2. The Labute approximate surface area is 196 Å². The Morgan fingerprint density at radius 1 is 0.882 bits per heavy atom. The van der Waals surface area contributed by atoms with Gasteiger partial charge in [0.2, 0.25) is 11.7 Å². The summed E-state index contributed by atoms with van der Waals surface area (Å²) in [5, 5.41) is 4.37. The molecular formula is C25H23N5O4. The number of nitrogens with one attached hydrogen (secondary N) is 2. The summed E-state index contributed by atoms with van der Waals surface area (Å²) >= 11 is 0. The molecular weight excluding hydrogens is 434 g/mol. The maximum atomic E-state index is 12.7. The number of rotatable bonds is 7. The normalized spacial score (nSPS) is 10.4. The van der Waals surface area contributed by atoms with Crippen LogP contribution in [0.1, 0.15) is 16.2 Å². The SMILES string of the molecule is COc1ccc(CC(=O)NNC(=O)c2nc(-c3ccccc3)n(-c3ccccc3)n2)c(OC)c1. The predicted octanol–water partition coefficient (Wildman–Crippen LogP) is 2.96. The van der Waals surface area contributed by atoms with Crippen molar-refractivity contribution < 1.29 is 19.1 Å². The Morgan fingerprint density at radius 3 is 2.26 bits per heavy atom. The standard InChI is InChI=1S/C25H23N5O4/c1-33-20-14-13-18(21(16-20)34-2)15-22(31)27-28-25(32)23-26-24(17-9-5-3-6-10-17)30(29-23)19-11-7-4-8-12-19/h3-14,16H,15H2,1-2H3,(H,27,31)(H,28,32). The first-order chi connectivity index (χ1) is 16.6. The van der Waals surface area contributed by atoms with E-state index in [0.717, 1.165) is 11.3 Å². The van der Waals surface area contributed by atoms with Crippen LogP contribution in [0, 0.1) is 0 Å². The van der Waals surface area contributed by atoms with Crippen molar-refractivity contribution in [3.05, 3.63) is 90.3 Å². The number of benzene rings is 3. The van der Waals surface area contributed by atoms with Gasteiger partial charge in [0.15, 0.2) is 5.82 Å². The number of hydrogen-bond donors (Lipinski definition) is 2. The second-order valence-electron chi connectivity index (χ2n) is 7.23. The van der Waals surface area contributed by atoms with Crippen molar-refractivity contribution in [2.45, 2.75) is 6.42 Å². The van der Waals surface area contributed by atoms with Gasteiger partial charge >= 0.3 is 5.91 Å². The lowest BCUT2D eigenvalue weighted by molar-refractivity contribution is -0.121. The second-order valence-corrected chi connectivity index (χ2v) is 7.23. The molecule has 0 unspecified atom stereocenters. The average molecular weight is 457 g/mol. The first-order valence-corrected chi connectivity index (χ1v) is 10.5. The Balaban J connectivity index is 1.49. The van der Waals surface area contributed by atoms with Crippen LogP contribution in [0.2, 0.25) is 0 Å². The molecule has 1 aromatic heterocycles. The number of carbonyl (C=O) groups is 2. The van der Waals surface area contributed by atoms with Gasteiger partial charge in [0, 0.05) is 17.2 Å². The summed E-state index contributed by atoms with van der Waals surface area (Å²) in [4.78, 5) is 29.6. The van der Waals surface area contributed by atoms with Crippen molar-refractivity contribution in [2.75, 3.05) is 14.2 Å². The largest absolute Gasteiger partial charge is 0.497 e. The number of carbonyl (C=O) groups excluding carboxylic acids is 2. The zero-order valence-electron chi connectivity index (χ0n) is 18.7. The molecule has 9 nitrogen and oxygen atoms in total. The van der Waals surface area contributed by atoms with E-state index < -0.39 is 11.8 Å². The van der Waals surface area contributed by atoms with E-state index in [1.165, 1.54) is 7.11 Å². The van der Waals surface area contributed by atoms with Crippen LogP contribution < -0.4 is 20.3 Å². The van der Waals surface area contributed by atoms with Gasteiger partial charge in [0.05, 0.1) is 26.3 Å². The van der Waals surface area contributed by atoms with Crippen LogP contribution in [0.3, 0.4) is 0 Å². The summed E-state index contributed by atoms with van der Waals surface area (Å²) in [7, 11) is 3.06. The van der Waals surface area contributed by atoms with Crippen molar-refractivity contribution in [2.24, 2.45) is 0 Å². The van der Waals surface area contributed by atoms with E-state index in [1.807, 2.05) is 60.7 Å². The number of methoxy groups -OCH3 is 2. The molecule has 1 heterocycles. The summed E-state index contributed by atoms with van der Waals surface area (Å²) in [6, 6.07) is 24.0. The molecule has 2 amide bonds. The van der Waals surface area contributed by atoms with Gasteiger partial charge in [-0.3, -0.25) is 20.4 Å². The lowest BCUT2D eigenvalue weighted by Crippen LogP contribution is -2.42. The highest BCUT2D eigenvalue weighted by molar-refractivity contribution is 5.92. The van der Waals surface area contributed by atoms with E-state index in [-0.39, 0.29) is 12.2 Å². The van der Waals surface area contributed by atoms with E-state index in [2.05, 4.69) is 20.9 Å². The zero-order chi connectivity index (χ0) is 23.9. The molecule has 0 spiro atoms. The summed E-state index contributed by atoms with van der Waals surface area (Å²) in [6.07, 6.45) is -0.00536. The molecule has 4 rings (SSSR count). The van der Waals surface area contributed by atoms with Crippen molar-refractivity contribution in [1.29, 1.82) is 0 Å². The topological polar surface area (TPSA) is 107 Å². The third-order valence-electron chi connectivity index (χ3n) is 5.00. The first-order valence-electron chi connectivity index (χ1n) is 10.5. The smallest absolute Gasteiger partial charge is 0.309 e. The van der Waals surface area contributed by atoms with E-state index in [1.54, 1.807) is 30.0 Å². The Kier molecular flexibility index (Phi) is 6.83. The van der Waals surface area contributed by atoms with Gasteiger partial charge in [0.1, 0.15) is 11.5 Å². The highest BCUT2D eigenvalue weighted by atomic mass is 16.5. The van der Waals surface area contributed by atoms with Crippen molar-refractivity contribution in [1.82, 2.24) is 25.6 Å². The van der Waals surface area contributed by atoms with Crippen molar-refractivity contribution in [3.63, 3.8) is 0 Å². The molecule has 0 aliphatic heterocycles. The molecule has 0 fully saturated rings. The van der Waals surface area contributed by atoms with Crippen LogP contribution >= 0.6 is 0 Å². The highest BCUT2D eigenvalue weighted by Gasteiger charge is 2.19. The molecule has 0 radical (unpaired) electrons. The summed E-state index contributed by atoms with van der Waals surface area (Å²) in [5.41, 5.74) is 6.98. The van der Waals surface area contributed by atoms with Crippen molar-refractivity contribution >= 4 is 11.8 Å². The van der Waals surface area contributed by atoms with Gasteiger partial charge in [-0.15, -0.1) is 5.10 Å². The molecule has 0 saturated heterocycles. The highest BCUT2D eigenvalue weighted by Crippen LogP contribution is 2.25. The zero-order valence-corrected chi connectivity index (χ0v) is 18.7. The Bertz CT molecular complexity index is 1230. The van der Waals surface area contributed by atoms with Crippen LogP contribution in [-0.2, 0) is 11.2 Å². The molecule has 0 bridgehead atoms. The van der Waals surface area contributed by atoms with E-state index in [0.29, 0.717) is 22.9 Å². The molecule has 172 valence electrons. The third kappa shape index (κ3) is 5.04. The molecule has 0 atom stereocenters. The molecule has 0 saturated carbocycles. The maximum Gasteiger partial charge on any atom is 0.309 e. The summed E-state index contributed by atoms with van der Waals surface area (Å²) < 4.78 is 12.1. The first kappa shape index (κ1) is 22.5. The van der Waals surface area contributed by atoms with Gasteiger partial charge < -0.3 is 9.47 Å². The fraction of sp³-hybridized carbons (Fsp3) is 0.120. The van der Waals surface area contributed by atoms with Gasteiger partial charge in [-0.2, -0.15) is 0 Å². The number of aromatic nitrogens is 3. The monoisotopic (exact) mass is 457 g/mol. The van der Waals surface area contributed by atoms with Gasteiger partial charge in [0.25, 0.3) is 0 Å². The minimum atomic E-state index is -0.637. The quantitative estimate of drug-likeness (QED) is 0.413. The minimum Gasteiger partial charge on any atom is -0.497 e. The molecule has 2 N–H and O–H groups in total. The minimum absolute atomic E-state index is 0.00536. The maximum absolute atomic E-state index is 12.7. The molecule has 9 heteroatoms. The van der Waals surface area contributed by atoms with Crippen LogP contribution in [0.15, 0.2) is 78.9 Å². The number of hydrazine groups is 1. The van der Waals surface area contributed by atoms with Crippen molar-refractivity contribution in [3.8, 4) is 28.6 Å². The van der Waals surface area contributed by atoms with Gasteiger partial charge in [-0.05, 0) is 18.2 Å². The van der Waals surface area contributed by atoms with Crippen LogP contribution in [0.4, 0.5) is 0 Å². The second kappa shape index (κ2) is 10.3. The van der Waals surface area contributed by atoms with E-state index >= 15 is 0 Å². The summed E-state index contributed by atoms with van der Waals surface area (Å²) in [6.45, 7) is 0. The number of para-hydroxylation sites is 1. The third-order valence-corrected chi connectivity index (χ3v) is 5.00. The number of ether oxygens (including phenoxy) is 2. The average Bonchev–Trinajstić information content (AvgIpc) is 3.34. The molecule has 34 heavy (non-hydrogen) atoms.